The van der Waals surface area contributed by atoms with Crippen LogP contribution in [0.2, 0.25) is 5.02 Å². The molecule has 1 N–H and O–H groups in total. The van der Waals surface area contributed by atoms with Crippen molar-refractivity contribution >= 4 is 52.1 Å². The van der Waals surface area contributed by atoms with Gasteiger partial charge in [0, 0.05) is 32.7 Å². The van der Waals surface area contributed by atoms with E-state index in [2.05, 4.69) is 10.3 Å². The summed E-state index contributed by atoms with van der Waals surface area (Å²) in [6, 6.07) is 20.2. The van der Waals surface area contributed by atoms with E-state index in [0.29, 0.717) is 10.7 Å². The molecule has 4 rings (SSSR count). The first kappa shape index (κ1) is 25.9. The van der Waals surface area contributed by atoms with E-state index >= 15 is 0 Å². The highest BCUT2D eigenvalue weighted by Gasteiger charge is 2.22. The molecule has 0 radical (unpaired) electrons. The lowest BCUT2D eigenvalue weighted by Gasteiger charge is -2.12. The Hall–Kier alpha value is -4.14. The minimum absolute atomic E-state index is 0.0742. The predicted molar refractivity (Wildman–Crippen MR) is 142 cm³/mol. The zero-order valence-electron chi connectivity index (χ0n) is 19.7. The Labute approximate surface area is 222 Å². The monoisotopic (exact) mass is 532 g/mol. The van der Waals surface area contributed by atoms with E-state index in [1.165, 1.54) is 35.6 Å². The average Bonchev–Trinajstić information content (AvgIpc) is 3.39. The Morgan fingerprint density at radius 3 is 2.41 bits per heavy atom. The fourth-order valence-corrected chi connectivity index (χ4v) is 4.53. The van der Waals surface area contributed by atoms with Crippen molar-refractivity contribution < 1.29 is 23.9 Å². The van der Waals surface area contributed by atoms with Gasteiger partial charge in [-0.05, 0) is 37.3 Å². The van der Waals surface area contributed by atoms with Crippen LogP contribution in [-0.2, 0) is 14.3 Å². The van der Waals surface area contributed by atoms with Gasteiger partial charge in [0.1, 0.15) is 6.42 Å². The summed E-state index contributed by atoms with van der Waals surface area (Å²) in [6.07, 6.45) is -0.513. The van der Waals surface area contributed by atoms with Gasteiger partial charge in [-0.25, -0.2) is 4.98 Å². The normalized spacial score (nSPS) is 10.5. The van der Waals surface area contributed by atoms with Crippen molar-refractivity contribution in [3.8, 4) is 11.3 Å². The first-order valence-corrected chi connectivity index (χ1v) is 12.6. The van der Waals surface area contributed by atoms with Gasteiger partial charge in [-0.15, -0.1) is 11.3 Å². The summed E-state index contributed by atoms with van der Waals surface area (Å²) in [5.74, 6) is -2.15. The fraction of sp³-hybridized carbons (Fsp3) is 0.107. The maximum Gasteiger partial charge on any atom is 0.315 e. The number of esters is 1. The number of carbonyl (C=O) groups is 4. The number of anilines is 1. The fourth-order valence-electron chi connectivity index (χ4n) is 3.55. The van der Waals surface area contributed by atoms with Gasteiger partial charge in [0.25, 0.3) is 0 Å². The van der Waals surface area contributed by atoms with Crippen LogP contribution in [0.15, 0.2) is 78.2 Å². The molecule has 3 aromatic carbocycles. The molecule has 9 heteroatoms. The smallest absolute Gasteiger partial charge is 0.315 e. The van der Waals surface area contributed by atoms with E-state index in [4.69, 9.17) is 16.3 Å². The van der Waals surface area contributed by atoms with E-state index in [1.54, 1.807) is 30.5 Å². The molecule has 0 bridgehead atoms. The standard InChI is InChI=1S/C28H21ClN2O5S/c1-2-36-25(33)15-24(32)30-22-12-11-19(14-21(22)26(34)18-9-6-10-20(29)13-18)27(35)28-31-23(16-37-28)17-7-4-3-5-8-17/h3-14,16H,2,15H2,1H3,(H,30,32). The molecule has 0 saturated carbocycles. The molecule has 1 heterocycles. The number of ether oxygens (including phenoxy) is 1. The van der Waals surface area contributed by atoms with Crippen LogP contribution >= 0.6 is 22.9 Å². The van der Waals surface area contributed by atoms with Crippen LogP contribution in [0.25, 0.3) is 11.3 Å². The highest BCUT2D eigenvalue weighted by atomic mass is 35.5. The predicted octanol–water partition coefficient (Wildman–Crippen LogP) is 5.82. The van der Waals surface area contributed by atoms with Gasteiger partial charge in [-0.3, -0.25) is 19.2 Å². The van der Waals surface area contributed by atoms with Crippen molar-refractivity contribution in [2.75, 3.05) is 11.9 Å². The molecule has 0 aliphatic rings. The Bertz CT molecular complexity index is 1480. The third-order valence-corrected chi connectivity index (χ3v) is 6.34. The minimum atomic E-state index is -0.687. The average molecular weight is 533 g/mol. The second-order valence-electron chi connectivity index (χ2n) is 7.86. The zero-order chi connectivity index (χ0) is 26.4. The molecule has 4 aromatic rings. The van der Waals surface area contributed by atoms with Gasteiger partial charge in [0.2, 0.25) is 11.7 Å². The Kier molecular flexibility index (Phi) is 8.22. The highest BCUT2D eigenvalue weighted by molar-refractivity contribution is 7.12. The Balaban J connectivity index is 1.67. The number of benzene rings is 3. The van der Waals surface area contributed by atoms with E-state index in [0.717, 1.165) is 5.56 Å². The van der Waals surface area contributed by atoms with Crippen molar-refractivity contribution in [2.24, 2.45) is 0 Å². The molecule has 0 saturated heterocycles. The molecule has 0 aliphatic heterocycles. The second-order valence-corrected chi connectivity index (χ2v) is 9.16. The van der Waals surface area contributed by atoms with Crippen LogP contribution in [0.4, 0.5) is 5.69 Å². The van der Waals surface area contributed by atoms with Crippen LogP contribution in [0.1, 0.15) is 44.6 Å². The van der Waals surface area contributed by atoms with E-state index in [9.17, 15) is 19.2 Å². The molecule has 0 atom stereocenters. The van der Waals surface area contributed by atoms with E-state index in [1.807, 2.05) is 30.3 Å². The number of rotatable bonds is 9. The summed E-state index contributed by atoms with van der Waals surface area (Å²) >= 11 is 7.27. The lowest BCUT2D eigenvalue weighted by Crippen LogP contribution is -2.20. The van der Waals surface area contributed by atoms with Gasteiger partial charge in [0.05, 0.1) is 18.0 Å². The summed E-state index contributed by atoms with van der Waals surface area (Å²) in [6.45, 7) is 1.78. The third kappa shape index (κ3) is 6.35. The van der Waals surface area contributed by atoms with Gasteiger partial charge in [0.15, 0.2) is 10.8 Å². The molecule has 7 nitrogen and oxygen atoms in total. The first-order chi connectivity index (χ1) is 17.9. The molecule has 0 spiro atoms. The third-order valence-electron chi connectivity index (χ3n) is 5.27. The van der Waals surface area contributed by atoms with Crippen molar-refractivity contribution in [2.45, 2.75) is 13.3 Å². The van der Waals surface area contributed by atoms with Gasteiger partial charge >= 0.3 is 5.97 Å². The molecular weight excluding hydrogens is 512 g/mol. The van der Waals surface area contributed by atoms with Crippen LogP contribution in [0, 0.1) is 0 Å². The number of ketones is 2. The lowest BCUT2D eigenvalue weighted by molar-refractivity contribution is -0.145. The molecule has 0 aliphatic carbocycles. The molecule has 37 heavy (non-hydrogen) atoms. The number of hydrogen-bond acceptors (Lipinski definition) is 7. The molecular formula is C28H21ClN2O5S. The van der Waals surface area contributed by atoms with Crippen LogP contribution in [0.5, 0.6) is 0 Å². The Morgan fingerprint density at radius 2 is 1.68 bits per heavy atom. The Morgan fingerprint density at radius 1 is 0.919 bits per heavy atom. The topological polar surface area (TPSA) is 102 Å². The summed E-state index contributed by atoms with van der Waals surface area (Å²) in [7, 11) is 0. The molecule has 1 aromatic heterocycles. The maximum absolute atomic E-state index is 13.4. The number of aromatic nitrogens is 1. The molecule has 0 unspecified atom stereocenters. The summed E-state index contributed by atoms with van der Waals surface area (Å²) < 4.78 is 4.81. The maximum atomic E-state index is 13.4. The highest BCUT2D eigenvalue weighted by Crippen LogP contribution is 2.27. The van der Waals surface area contributed by atoms with E-state index in [-0.39, 0.29) is 39.8 Å². The quantitative estimate of drug-likeness (QED) is 0.166. The summed E-state index contributed by atoms with van der Waals surface area (Å²) in [4.78, 5) is 55.3. The van der Waals surface area contributed by atoms with Crippen LogP contribution in [-0.4, -0.2) is 35.0 Å². The van der Waals surface area contributed by atoms with Gasteiger partial charge in [-0.2, -0.15) is 0 Å². The molecule has 1 amide bonds. The number of amides is 1. The van der Waals surface area contributed by atoms with Crippen molar-refractivity contribution in [1.82, 2.24) is 4.98 Å². The molecule has 0 fully saturated rings. The number of thiazole rings is 1. The SMILES string of the molecule is CCOC(=O)CC(=O)Nc1ccc(C(=O)c2nc(-c3ccccc3)cs2)cc1C(=O)c1cccc(Cl)c1. The van der Waals surface area contributed by atoms with Crippen LogP contribution in [0.3, 0.4) is 0 Å². The lowest BCUT2D eigenvalue weighted by atomic mass is 9.98. The van der Waals surface area contributed by atoms with Crippen molar-refractivity contribution in [1.29, 1.82) is 0 Å². The number of carbonyl (C=O) groups excluding carboxylic acids is 4. The first-order valence-electron chi connectivity index (χ1n) is 11.3. The van der Waals surface area contributed by atoms with Gasteiger partial charge in [-0.1, -0.05) is 54.1 Å². The molecule has 186 valence electrons. The largest absolute Gasteiger partial charge is 0.466 e. The van der Waals surface area contributed by atoms with Crippen LogP contribution < -0.4 is 5.32 Å². The van der Waals surface area contributed by atoms with Crippen molar-refractivity contribution in [3.05, 3.63) is 105 Å². The minimum Gasteiger partial charge on any atom is -0.466 e. The van der Waals surface area contributed by atoms with Gasteiger partial charge < -0.3 is 10.1 Å². The number of nitrogens with one attached hydrogen (secondary N) is 1. The number of hydrogen-bond donors (Lipinski definition) is 1. The summed E-state index contributed by atoms with van der Waals surface area (Å²) in [5, 5.41) is 5.00. The summed E-state index contributed by atoms with van der Waals surface area (Å²) in [5.41, 5.74) is 2.28. The zero-order valence-corrected chi connectivity index (χ0v) is 21.3. The van der Waals surface area contributed by atoms with E-state index < -0.39 is 24.1 Å². The second kappa shape index (κ2) is 11.7. The number of halogens is 1. The number of nitrogens with zero attached hydrogens (tertiary/aromatic N) is 1. The van der Waals surface area contributed by atoms with Crippen molar-refractivity contribution in [3.63, 3.8) is 0 Å².